The van der Waals surface area contributed by atoms with Crippen LogP contribution < -0.4 is 4.31 Å². The second kappa shape index (κ2) is 8.20. The summed E-state index contributed by atoms with van der Waals surface area (Å²) >= 11 is 0. The third kappa shape index (κ3) is 3.57. The van der Waals surface area contributed by atoms with Gasteiger partial charge in [0.2, 0.25) is 0 Å². The van der Waals surface area contributed by atoms with Gasteiger partial charge in [0.1, 0.15) is 0 Å². The maximum Gasteiger partial charge on any atom is 0.264 e. The quantitative estimate of drug-likeness (QED) is 0.771. The Morgan fingerprint density at radius 1 is 1.10 bits per heavy atom. The number of hydrogen-bond donors (Lipinski definition) is 1. The van der Waals surface area contributed by atoms with Crippen molar-refractivity contribution in [3.05, 3.63) is 59.7 Å². The Hall–Kier alpha value is -1.93. The number of anilines is 1. The van der Waals surface area contributed by atoms with E-state index in [9.17, 15) is 13.5 Å². The first kappa shape index (κ1) is 20.9. The number of fused-ring (bicyclic) bond motifs is 3. The minimum absolute atomic E-state index is 0.0396. The molecule has 0 aromatic heterocycles. The van der Waals surface area contributed by atoms with Crippen molar-refractivity contribution in [1.29, 1.82) is 0 Å². The van der Waals surface area contributed by atoms with Gasteiger partial charge >= 0.3 is 0 Å². The van der Waals surface area contributed by atoms with Crippen molar-refractivity contribution in [3.8, 4) is 0 Å². The highest BCUT2D eigenvalue weighted by atomic mass is 32.2. The van der Waals surface area contributed by atoms with Crippen LogP contribution in [0.4, 0.5) is 5.69 Å². The number of rotatable bonds is 5. The molecule has 3 aliphatic heterocycles. The van der Waals surface area contributed by atoms with E-state index in [1.54, 1.807) is 22.5 Å². The van der Waals surface area contributed by atoms with Crippen LogP contribution in [-0.4, -0.2) is 63.4 Å². The van der Waals surface area contributed by atoms with E-state index in [1.165, 1.54) is 0 Å². The SMILES string of the molecule is Cc1cccc(S(=O)(=O)N2C[C@H]3[C@@H](c4ccccc42)[C@@H](CO)N3CC2CCOCC2)c1. The van der Waals surface area contributed by atoms with Crippen LogP contribution >= 0.6 is 0 Å². The number of nitrogens with zero attached hydrogens (tertiary/aromatic N) is 2. The number of aliphatic hydroxyl groups is 1. The number of aryl methyl sites for hydroxylation is 1. The van der Waals surface area contributed by atoms with Gasteiger partial charge < -0.3 is 9.84 Å². The average Bonchev–Trinajstić information content (AvgIpc) is 2.78. The fraction of sp³-hybridized carbons (Fsp3) is 0.500. The molecule has 0 aliphatic carbocycles. The van der Waals surface area contributed by atoms with Gasteiger partial charge in [-0.3, -0.25) is 9.21 Å². The van der Waals surface area contributed by atoms with E-state index < -0.39 is 10.0 Å². The lowest BCUT2D eigenvalue weighted by molar-refractivity contribution is -0.0616. The van der Waals surface area contributed by atoms with Crippen molar-refractivity contribution in [1.82, 2.24) is 4.90 Å². The highest BCUT2D eigenvalue weighted by Crippen LogP contribution is 2.49. The van der Waals surface area contributed by atoms with Crippen LogP contribution in [0.15, 0.2) is 53.4 Å². The molecule has 0 spiro atoms. The van der Waals surface area contributed by atoms with Gasteiger partial charge in [-0.25, -0.2) is 8.42 Å². The van der Waals surface area contributed by atoms with Crippen LogP contribution in [0.2, 0.25) is 0 Å². The molecule has 31 heavy (non-hydrogen) atoms. The second-order valence-corrected chi connectivity index (χ2v) is 10.9. The molecule has 2 aromatic carbocycles. The van der Waals surface area contributed by atoms with Crippen molar-refractivity contribution >= 4 is 15.7 Å². The molecule has 2 aromatic rings. The maximum atomic E-state index is 13.7. The fourth-order valence-corrected chi connectivity index (χ4v) is 7.17. The molecule has 166 valence electrons. The molecule has 5 rings (SSSR count). The molecule has 0 unspecified atom stereocenters. The van der Waals surface area contributed by atoms with Crippen LogP contribution in [0.25, 0.3) is 0 Å². The first-order valence-electron chi connectivity index (χ1n) is 11.1. The fourth-order valence-electron chi connectivity index (χ4n) is 5.56. The van der Waals surface area contributed by atoms with Crippen LogP contribution in [0.1, 0.15) is 29.9 Å². The van der Waals surface area contributed by atoms with Gasteiger partial charge in [-0.1, -0.05) is 30.3 Å². The molecule has 0 saturated carbocycles. The number of para-hydroxylation sites is 1. The molecule has 3 atom stereocenters. The number of likely N-dealkylation sites (tertiary alicyclic amines) is 1. The monoisotopic (exact) mass is 442 g/mol. The Kier molecular flexibility index (Phi) is 5.54. The molecule has 2 fully saturated rings. The van der Waals surface area contributed by atoms with E-state index in [1.807, 2.05) is 37.3 Å². The summed E-state index contributed by atoms with van der Waals surface area (Å²) in [6.07, 6.45) is 2.04. The molecule has 7 heteroatoms. The molecule has 2 saturated heterocycles. The topological polar surface area (TPSA) is 70.1 Å². The Bertz CT molecular complexity index is 1050. The summed E-state index contributed by atoms with van der Waals surface area (Å²) in [5.74, 6) is 0.688. The second-order valence-electron chi connectivity index (χ2n) is 9.01. The van der Waals surface area contributed by atoms with E-state index in [0.29, 0.717) is 17.4 Å². The molecule has 0 radical (unpaired) electrons. The van der Waals surface area contributed by atoms with Crippen LogP contribution in [0.3, 0.4) is 0 Å². The highest BCUT2D eigenvalue weighted by Gasteiger charge is 2.54. The first-order valence-corrected chi connectivity index (χ1v) is 12.6. The van der Waals surface area contributed by atoms with Gasteiger partial charge in [-0.2, -0.15) is 0 Å². The Morgan fingerprint density at radius 2 is 1.87 bits per heavy atom. The average molecular weight is 443 g/mol. The Labute approximate surface area is 184 Å². The standard InChI is InChI=1S/C24H30N2O4S/c1-17-5-4-6-19(13-17)31(28,29)26-15-22-24(20-7-2-3-8-21(20)26)23(16-27)25(22)14-18-9-11-30-12-10-18/h2-8,13,18,22-24,27H,9-12,14-16H2,1H3/t22-,23+,24+/m0/s1. The predicted molar refractivity (Wildman–Crippen MR) is 120 cm³/mol. The van der Waals surface area contributed by atoms with Gasteiger partial charge in [0.05, 0.1) is 23.7 Å². The molecular weight excluding hydrogens is 412 g/mol. The molecular formula is C24H30N2O4S. The largest absolute Gasteiger partial charge is 0.395 e. The van der Waals surface area contributed by atoms with Gasteiger partial charge in [-0.15, -0.1) is 0 Å². The third-order valence-corrected chi connectivity index (χ3v) is 8.95. The van der Waals surface area contributed by atoms with Crippen molar-refractivity contribution in [2.24, 2.45) is 5.92 Å². The summed E-state index contributed by atoms with van der Waals surface area (Å²) in [6, 6.07) is 15.0. The van der Waals surface area contributed by atoms with Gasteiger partial charge in [0, 0.05) is 37.8 Å². The highest BCUT2D eigenvalue weighted by molar-refractivity contribution is 7.92. The molecule has 0 bridgehead atoms. The van der Waals surface area contributed by atoms with E-state index in [2.05, 4.69) is 4.90 Å². The summed E-state index contributed by atoms with van der Waals surface area (Å²) in [4.78, 5) is 2.67. The smallest absolute Gasteiger partial charge is 0.264 e. The van der Waals surface area contributed by atoms with Gasteiger partial charge in [0.25, 0.3) is 10.0 Å². The number of aliphatic hydroxyl groups excluding tert-OH is 1. The zero-order chi connectivity index (χ0) is 21.6. The van der Waals surface area contributed by atoms with E-state index in [0.717, 1.165) is 49.4 Å². The third-order valence-electron chi connectivity index (χ3n) is 7.17. The van der Waals surface area contributed by atoms with Crippen molar-refractivity contribution in [2.45, 2.75) is 42.7 Å². The predicted octanol–water partition coefficient (Wildman–Crippen LogP) is 2.76. The Morgan fingerprint density at radius 3 is 2.61 bits per heavy atom. The Balaban J connectivity index is 1.50. The van der Waals surface area contributed by atoms with Crippen molar-refractivity contribution in [3.63, 3.8) is 0 Å². The normalized spacial score (nSPS) is 26.8. The van der Waals surface area contributed by atoms with Crippen molar-refractivity contribution < 1.29 is 18.3 Å². The number of benzene rings is 2. The minimum Gasteiger partial charge on any atom is -0.395 e. The summed E-state index contributed by atoms with van der Waals surface area (Å²) in [5.41, 5.74) is 2.70. The first-order chi connectivity index (χ1) is 15.0. The number of sulfonamides is 1. The molecule has 0 amide bonds. The summed E-state index contributed by atoms with van der Waals surface area (Å²) in [7, 11) is -3.68. The number of ether oxygens (including phenoxy) is 1. The summed E-state index contributed by atoms with van der Waals surface area (Å²) < 4.78 is 34.4. The zero-order valence-corrected chi connectivity index (χ0v) is 18.7. The van der Waals surface area contributed by atoms with Crippen LogP contribution in [0, 0.1) is 12.8 Å². The molecule has 3 heterocycles. The maximum absolute atomic E-state index is 13.7. The van der Waals surface area contributed by atoms with E-state index in [-0.39, 0.29) is 24.6 Å². The molecule has 6 nitrogen and oxygen atoms in total. The van der Waals surface area contributed by atoms with Gasteiger partial charge in [0.15, 0.2) is 0 Å². The van der Waals surface area contributed by atoms with Crippen molar-refractivity contribution in [2.75, 3.05) is 37.2 Å². The lowest BCUT2D eigenvalue weighted by Crippen LogP contribution is -2.69. The van der Waals surface area contributed by atoms with E-state index >= 15 is 0 Å². The van der Waals surface area contributed by atoms with Crippen LogP contribution in [0.5, 0.6) is 0 Å². The van der Waals surface area contributed by atoms with E-state index in [4.69, 9.17) is 4.74 Å². The minimum atomic E-state index is -3.68. The van der Waals surface area contributed by atoms with Crippen LogP contribution in [-0.2, 0) is 14.8 Å². The zero-order valence-electron chi connectivity index (χ0n) is 17.9. The lowest BCUT2D eigenvalue weighted by Gasteiger charge is -2.59. The lowest BCUT2D eigenvalue weighted by atomic mass is 9.72. The number of hydrogen-bond acceptors (Lipinski definition) is 5. The molecule has 3 aliphatic rings. The molecule has 1 N–H and O–H groups in total. The summed E-state index contributed by atoms with van der Waals surface area (Å²) in [5, 5.41) is 10.2. The summed E-state index contributed by atoms with van der Waals surface area (Å²) in [6.45, 7) is 4.87. The van der Waals surface area contributed by atoms with Gasteiger partial charge in [-0.05, 0) is 55.0 Å².